The van der Waals surface area contributed by atoms with Gasteiger partial charge in [-0.3, -0.25) is 4.99 Å². The molecule has 0 aromatic heterocycles. The summed E-state index contributed by atoms with van der Waals surface area (Å²) in [5.74, 6) is 0.606. The standard InChI is InChI=1S/C10H21N3/c1-3-7-12-9(11)13-8-10(2)5-4-6-10/h3-8H2,1-2H3,(H3,11,12,13). The van der Waals surface area contributed by atoms with Crippen molar-refractivity contribution >= 4 is 5.96 Å². The molecule has 76 valence electrons. The van der Waals surface area contributed by atoms with Gasteiger partial charge in [0.15, 0.2) is 5.96 Å². The summed E-state index contributed by atoms with van der Waals surface area (Å²) in [4.78, 5) is 4.34. The fourth-order valence-corrected chi connectivity index (χ4v) is 1.52. The molecule has 1 fully saturated rings. The van der Waals surface area contributed by atoms with Gasteiger partial charge in [0, 0.05) is 13.1 Å². The van der Waals surface area contributed by atoms with Crippen molar-refractivity contribution in [3.05, 3.63) is 0 Å². The molecule has 0 radical (unpaired) electrons. The highest BCUT2D eigenvalue weighted by Gasteiger charge is 2.31. The highest BCUT2D eigenvalue weighted by Crippen LogP contribution is 2.40. The van der Waals surface area contributed by atoms with Crippen LogP contribution in [0.2, 0.25) is 0 Å². The summed E-state index contributed by atoms with van der Waals surface area (Å²) in [6.07, 6.45) is 5.05. The second-order valence-electron chi connectivity index (χ2n) is 4.29. The Hall–Kier alpha value is -0.730. The van der Waals surface area contributed by atoms with Crippen LogP contribution >= 0.6 is 0 Å². The first kappa shape index (κ1) is 10.4. The van der Waals surface area contributed by atoms with Gasteiger partial charge in [0.2, 0.25) is 0 Å². The molecule has 1 aliphatic carbocycles. The summed E-state index contributed by atoms with van der Waals surface area (Å²) in [6, 6.07) is 0. The molecule has 1 rings (SSSR count). The number of hydrogen-bond acceptors (Lipinski definition) is 1. The maximum atomic E-state index is 5.68. The van der Waals surface area contributed by atoms with Crippen molar-refractivity contribution in [2.45, 2.75) is 39.5 Å². The van der Waals surface area contributed by atoms with Gasteiger partial charge in [-0.05, 0) is 24.7 Å². The Kier molecular flexibility index (Phi) is 3.58. The molecule has 0 spiro atoms. The van der Waals surface area contributed by atoms with Crippen molar-refractivity contribution in [2.24, 2.45) is 16.1 Å². The molecule has 13 heavy (non-hydrogen) atoms. The van der Waals surface area contributed by atoms with E-state index >= 15 is 0 Å². The van der Waals surface area contributed by atoms with Crippen molar-refractivity contribution in [1.82, 2.24) is 5.32 Å². The molecule has 3 nitrogen and oxygen atoms in total. The fourth-order valence-electron chi connectivity index (χ4n) is 1.52. The molecule has 0 unspecified atom stereocenters. The number of nitrogens with zero attached hydrogens (tertiary/aromatic N) is 1. The van der Waals surface area contributed by atoms with Crippen LogP contribution in [0.1, 0.15) is 39.5 Å². The van der Waals surface area contributed by atoms with Gasteiger partial charge in [-0.1, -0.05) is 20.3 Å². The van der Waals surface area contributed by atoms with Gasteiger partial charge in [-0.2, -0.15) is 0 Å². The number of hydrogen-bond donors (Lipinski definition) is 2. The Bertz CT molecular complexity index is 183. The average molecular weight is 183 g/mol. The zero-order valence-corrected chi connectivity index (χ0v) is 8.77. The van der Waals surface area contributed by atoms with E-state index in [2.05, 4.69) is 24.2 Å². The maximum Gasteiger partial charge on any atom is 0.188 e. The molecule has 0 atom stereocenters. The lowest BCUT2D eigenvalue weighted by molar-refractivity contribution is 0.173. The number of nitrogens with one attached hydrogen (secondary N) is 1. The monoisotopic (exact) mass is 183 g/mol. The first-order valence-electron chi connectivity index (χ1n) is 5.20. The van der Waals surface area contributed by atoms with Crippen LogP contribution in [0.5, 0.6) is 0 Å². The molecule has 0 heterocycles. The van der Waals surface area contributed by atoms with E-state index in [0.717, 1.165) is 19.5 Å². The smallest absolute Gasteiger partial charge is 0.188 e. The lowest BCUT2D eigenvalue weighted by Crippen LogP contribution is -2.35. The Balaban J connectivity index is 2.21. The molecule has 1 saturated carbocycles. The van der Waals surface area contributed by atoms with Gasteiger partial charge in [0.25, 0.3) is 0 Å². The maximum absolute atomic E-state index is 5.68. The van der Waals surface area contributed by atoms with Gasteiger partial charge in [-0.25, -0.2) is 0 Å². The minimum absolute atomic E-state index is 0.443. The van der Waals surface area contributed by atoms with E-state index in [9.17, 15) is 0 Å². The molecule has 0 bridgehead atoms. The second kappa shape index (κ2) is 4.49. The Labute approximate surface area is 80.8 Å². The molecule has 0 amide bonds. The third kappa shape index (κ3) is 3.25. The summed E-state index contributed by atoms with van der Waals surface area (Å²) >= 11 is 0. The molecule has 0 aromatic rings. The average Bonchev–Trinajstić information content (AvgIpc) is 2.08. The van der Waals surface area contributed by atoms with Crippen LogP contribution in [-0.2, 0) is 0 Å². The summed E-state index contributed by atoms with van der Waals surface area (Å²) in [5.41, 5.74) is 6.13. The van der Waals surface area contributed by atoms with Crippen molar-refractivity contribution < 1.29 is 0 Å². The van der Waals surface area contributed by atoms with Crippen LogP contribution in [0.3, 0.4) is 0 Å². The lowest BCUT2D eigenvalue weighted by Gasteiger charge is -2.36. The van der Waals surface area contributed by atoms with E-state index in [0.29, 0.717) is 11.4 Å². The Morgan fingerprint density at radius 1 is 1.54 bits per heavy atom. The van der Waals surface area contributed by atoms with Gasteiger partial charge < -0.3 is 11.1 Å². The zero-order chi connectivity index (χ0) is 9.73. The van der Waals surface area contributed by atoms with E-state index in [1.165, 1.54) is 19.3 Å². The Morgan fingerprint density at radius 3 is 2.69 bits per heavy atom. The van der Waals surface area contributed by atoms with Crippen molar-refractivity contribution in [3.63, 3.8) is 0 Å². The topological polar surface area (TPSA) is 50.4 Å². The SMILES string of the molecule is CCCNC(N)=NCC1(C)CCC1. The predicted octanol–water partition coefficient (Wildman–Crippen LogP) is 1.49. The highest BCUT2D eigenvalue weighted by molar-refractivity contribution is 5.77. The summed E-state index contributed by atoms with van der Waals surface area (Å²) in [6.45, 7) is 6.21. The van der Waals surface area contributed by atoms with E-state index in [-0.39, 0.29) is 0 Å². The third-order valence-electron chi connectivity index (χ3n) is 2.75. The van der Waals surface area contributed by atoms with Crippen LogP contribution in [0.25, 0.3) is 0 Å². The van der Waals surface area contributed by atoms with E-state index in [1.54, 1.807) is 0 Å². The van der Waals surface area contributed by atoms with Crippen LogP contribution in [-0.4, -0.2) is 19.0 Å². The molecule has 3 heteroatoms. The largest absolute Gasteiger partial charge is 0.370 e. The first-order valence-corrected chi connectivity index (χ1v) is 5.20. The molecular formula is C10H21N3. The number of aliphatic imine (C=N–C) groups is 1. The first-order chi connectivity index (χ1) is 6.16. The van der Waals surface area contributed by atoms with Crippen LogP contribution in [0, 0.1) is 5.41 Å². The minimum atomic E-state index is 0.443. The van der Waals surface area contributed by atoms with Crippen LogP contribution in [0.15, 0.2) is 4.99 Å². The number of nitrogens with two attached hydrogens (primary N) is 1. The molecular weight excluding hydrogens is 162 g/mol. The van der Waals surface area contributed by atoms with Gasteiger partial charge in [0.05, 0.1) is 0 Å². The lowest BCUT2D eigenvalue weighted by atomic mass is 9.71. The van der Waals surface area contributed by atoms with Crippen molar-refractivity contribution in [1.29, 1.82) is 0 Å². The van der Waals surface area contributed by atoms with Crippen LogP contribution < -0.4 is 11.1 Å². The molecule has 0 saturated heterocycles. The molecule has 1 aliphatic rings. The second-order valence-corrected chi connectivity index (χ2v) is 4.29. The molecule has 3 N–H and O–H groups in total. The predicted molar refractivity (Wildman–Crippen MR) is 56.7 cm³/mol. The van der Waals surface area contributed by atoms with E-state index < -0.39 is 0 Å². The summed E-state index contributed by atoms with van der Waals surface area (Å²) in [7, 11) is 0. The summed E-state index contributed by atoms with van der Waals surface area (Å²) in [5, 5.41) is 3.08. The van der Waals surface area contributed by atoms with E-state index in [1.807, 2.05) is 0 Å². The van der Waals surface area contributed by atoms with Crippen molar-refractivity contribution in [3.8, 4) is 0 Å². The third-order valence-corrected chi connectivity index (χ3v) is 2.75. The number of rotatable bonds is 4. The van der Waals surface area contributed by atoms with Gasteiger partial charge in [0.1, 0.15) is 0 Å². The fraction of sp³-hybridized carbons (Fsp3) is 0.900. The zero-order valence-electron chi connectivity index (χ0n) is 8.77. The van der Waals surface area contributed by atoms with Gasteiger partial charge >= 0.3 is 0 Å². The summed E-state index contributed by atoms with van der Waals surface area (Å²) < 4.78 is 0. The van der Waals surface area contributed by atoms with E-state index in [4.69, 9.17) is 5.73 Å². The Morgan fingerprint density at radius 2 is 2.23 bits per heavy atom. The molecule has 0 aromatic carbocycles. The minimum Gasteiger partial charge on any atom is -0.370 e. The number of guanidine groups is 1. The van der Waals surface area contributed by atoms with Gasteiger partial charge in [-0.15, -0.1) is 0 Å². The van der Waals surface area contributed by atoms with Crippen molar-refractivity contribution in [2.75, 3.05) is 13.1 Å². The molecule has 0 aliphatic heterocycles. The highest BCUT2D eigenvalue weighted by atomic mass is 15.1. The normalized spacial score (nSPS) is 20.9. The van der Waals surface area contributed by atoms with Crippen LogP contribution in [0.4, 0.5) is 0 Å². The quantitative estimate of drug-likeness (QED) is 0.512.